The van der Waals surface area contributed by atoms with E-state index >= 15 is 0 Å². The molecule has 2 heterocycles. The fraction of sp³-hybridized carbons (Fsp3) is 0.737. The maximum absolute atomic E-state index is 13.6. The van der Waals surface area contributed by atoms with Crippen LogP contribution in [0.25, 0.3) is 0 Å². The van der Waals surface area contributed by atoms with Gasteiger partial charge in [0.1, 0.15) is 40.4 Å². The molecule has 0 aromatic heterocycles. The summed E-state index contributed by atoms with van der Waals surface area (Å²) in [4.78, 5) is 53.3. The molecular weight excluding hydrogens is 639 g/mol. The molecule has 2 aliphatic heterocycles. The number of nitrogens with one attached hydrogen (secondary N) is 1. The van der Waals surface area contributed by atoms with Gasteiger partial charge in [0.15, 0.2) is 0 Å². The van der Waals surface area contributed by atoms with Crippen LogP contribution in [0.5, 0.6) is 5.75 Å². The first-order chi connectivity index (χ1) is 23.1. The molecule has 0 radical (unpaired) electrons. The van der Waals surface area contributed by atoms with Crippen molar-refractivity contribution in [2.24, 2.45) is 17.3 Å². The Hall–Kier alpha value is -3.12. The van der Waals surface area contributed by atoms with Gasteiger partial charge in [-0.05, 0) is 115 Å². The third kappa shape index (κ3) is 8.01. The van der Waals surface area contributed by atoms with Gasteiger partial charge in [0.05, 0.1) is 24.8 Å². The topological polar surface area (TPSA) is 130 Å². The summed E-state index contributed by atoms with van der Waals surface area (Å²) < 4.78 is 30.6. The SMILES string of the molecule is CCC(=O)C[C@@H](NC(=O)OC(C)(C)C)C(=O)N1CC(Oc2ccc(CCB3O[C@@H]4C[C@@H]5C[C@@H](C5(C)C)[C@]4(C)O3)c(C)c2C(=O)OC(C)(C)C)C1. The highest BCUT2D eigenvalue weighted by Gasteiger charge is 2.67. The Bertz CT molecular complexity index is 1490. The van der Waals surface area contributed by atoms with E-state index in [4.69, 9.17) is 23.5 Å². The predicted molar refractivity (Wildman–Crippen MR) is 189 cm³/mol. The number of nitrogens with zero attached hydrogens (tertiary/aromatic N) is 1. The molecule has 1 N–H and O–H groups in total. The Balaban J connectivity index is 1.25. The Morgan fingerprint density at radius 2 is 1.68 bits per heavy atom. The van der Waals surface area contributed by atoms with E-state index in [1.165, 1.54) is 11.3 Å². The molecule has 5 fully saturated rings. The number of carbonyl (C=O) groups is 4. The van der Waals surface area contributed by atoms with E-state index in [-0.39, 0.29) is 61.9 Å². The summed E-state index contributed by atoms with van der Waals surface area (Å²) in [5.74, 6) is 0.542. The second-order valence-corrected chi connectivity index (χ2v) is 17.4. The highest BCUT2D eigenvalue weighted by Crippen LogP contribution is 2.65. The zero-order valence-electron chi connectivity index (χ0n) is 31.9. The first kappa shape index (κ1) is 38.1. The number of hydrogen-bond acceptors (Lipinski definition) is 9. The van der Waals surface area contributed by atoms with Crippen LogP contribution < -0.4 is 10.1 Å². The van der Waals surface area contributed by atoms with Gasteiger partial charge in [-0.25, -0.2) is 9.59 Å². The Morgan fingerprint density at radius 3 is 2.28 bits per heavy atom. The van der Waals surface area contributed by atoms with Gasteiger partial charge < -0.3 is 33.7 Å². The molecule has 2 saturated heterocycles. The second kappa shape index (κ2) is 13.8. The quantitative estimate of drug-likeness (QED) is 0.216. The molecule has 1 aromatic carbocycles. The molecule has 2 amide bonds. The summed E-state index contributed by atoms with van der Waals surface area (Å²) in [6.07, 6.45) is 2.63. The molecule has 0 unspecified atom stereocenters. The zero-order valence-corrected chi connectivity index (χ0v) is 31.9. The normalized spacial score (nSPS) is 26.3. The maximum atomic E-state index is 13.6. The fourth-order valence-electron chi connectivity index (χ4n) is 8.14. The minimum atomic E-state index is -1.05. The number of carbonyl (C=O) groups excluding carboxylic acids is 4. The molecule has 6 rings (SSSR count). The Labute approximate surface area is 298 Å². The van der Waals surface area contributed by atoms with Crippen molar-refractivity contribution >= 4 is 30.9 Å². The third-order valence-electron chi connectivity index (χ3n) is 11.1. The van der Waals surface area contributed by atoms with Crippen molar-refractivity contribution in [3.8, 4) is 5.75 Å². The highest BCUT2D eigenvalue weighted by atomic mass is 16.7. The van der Waals surface area contributed by atoms with E-state index in [0.717, 1.165) is 17.5 Å². The smallest absolute Gasteiger partial charge is 0.457 e. The summed E-state index contributed by atoms with van der Waals surface area (Å²) in [6, 6.07) is 2.72. The van der Waals surface area contributed by atoms with Gasteiger partial charge in [-0.1, -0.05) is 26.8 Å². The molecule has 5 aliphatic rings. The minimum Gasteiger partial charge on any atom is -0.486 e. The number of benzene rings is 1. The first-order valence-electron chi connectivity index (χ1n) is 18.3. The van der Waals surface area contributed by atoms with E-state index in [1.54, 1.807) is 33.8 Å². The summed E-state index contributed by atoms with van der Waals surface area (Å²) in [5.41, 5.74) is 0.646. The van der Waals surface area contributed by atoms with Gasteiger partial charge in [0, 0.05) is 12.8 Å². The minimum absolute atomic E-state index is 0.114. The van der Waals surface area contributed by atoms with E-state index in [1.807, 2.05) is 33.8 Å². The lowest BCUT2D eigenvalue weighted by molar-refractivity contribution is -0.199. The number of Topliss-reactive ketones (excluding diaryl/α,β-unsaturated/α-hetero) is 1. The van der Waals surface area contributed by atoms with E-state index < -0.39 is 35.4 Å². The lowest BCUT2D eigenvalue weighted by Gasteiger charge is -2.64. The number of ether oxygens (including phenoxy) is 3. The molecule has 12 heteroatoms. The van der Waals surface area contributed by atoms with E-state index in [9.17, 15) is 19.2 Å². The van der Waals surface area contributed by atoms with Crippen LogP contribution in [0, 0.1) is 24.2 Å². The number of esters is 1. The molecule has 5 atom stereocenters. The predicted octanol–water partition coefficient (Wildman–Crippen LogP) is 6.07. The monoisotopic (exact) mass is 696 g/mol. The largest absolute Gasteiger partial charge is 0.486 e. The number of ketones is 1. The van der Waals surface area contributed by atoms with Crippen molar-refractivity contribution in [2.75, 3.05) is 13.1 Å². The van der Waals surface area contributed by atoms with Gasteiger partial charge in [0.2, 0.25) is 5.91 Å². The molecule has 11 nitrogen and oxygen atoms in total. The number of hydrogen-bond donors (Lipinski definition) is 1. The summed E-state index contributed by atoms with van der Waals surface area (Å²) in [7, 11) is -0.305. The summed E-state index contributed by atoms with van der Waals surface area (Å²) in [6.45, 7) is 21.7. The third-order valence-corrected chi connectivity index (χ3v) is 11.1. The Kier molecular flexibility index (Phi) is 10.5. The number of rotatable bonds is 11. The number of aryl methyl sites for hydroxylation is 1. The average Bonchev–Trinajstić information content (AvgIpc) is 3.31. The summed E-state index contributed by atoms with van der Waals surface area (Å²) >= 11 is 0. The molecule has 1 aromatic rings. The van der Waals surface area contributed by atoms with Gasteiger partial charge in [0.25, 0.3) is 0 Å². The lowest BCUT2D eigenvalue weighted by atomic mass is 9.43. The molecule has 50 heavy (non-hydrogen) atoms. The van der Waals surface area contributed by atoms with Crippen LogP contribution in [0.15, 0.2) is 12.1 Å². The lowest BCUT2D eigenvalue weighted by Crippen LogP contribution is -2.65. The van der Waals surface area contributed by atoms with Crippen molar-refractivity contribution in [1.82, 2.24) is 10.2 Å². The van der Waals surface area contributed by atoms with Crippen molar-refractivity contribution in [3.05, 3.63) is 28.8 Å². The average molecular weight is 697 g/mol. The van der Waals surface area contributed by atoms with Crippen LogP contribution in [-0.2, 0) is 34.8 Å². The molecule has 0 spiro atoms. The maximum Gasteiger partial charge on any atom is 0.457 e. The van der Waals surface area contributed by atoms with Crippen LogP contribution in [0.3, 0.4) is 0 Å². The van der Waals surface area contributed by atoms with Crippen LogP contribution in [-0.4, -0.2) is 83.9 Å². The molecule has 3 saturated carbocycles. The van der Waals surface area contributed by atoms with Gasteiger partial charge in [-0.2, -0.15) is 0 Å². The van der Waals surface area contributed by atoms with Crippen LogP contribution in [0.1, 0.15) is 116 Å². The Morgan fingerprint density at radius 1 is 1.02 bits per heavy atom. The fourth-order valence-corrected chi connectivity index (χ4v) is 8.14. The van der Waals surface area contributed by atoms with Crippen LogP contribution in [0.4, 0.5) is 4.79 Å². The van der Waals surface area contributed by atoms with Gasteiger partial charge in [-0.15, -0.1) is 0 Å². The van der Waals surface area contributed by atoms with Crippen molar-refractivity contribution in [2.45, 2.75) is 150 Å². The zero-order chi connectivity index (χ0) is 37.0. The molecule has 3 aliphatic carbocycles. The second-order valence-electron chi connectivity index (χ2n) is 17.4. The van der Waals surface area contributed by atoms with E-state index in [0.29, 0.717) is 35.9 Å². The van der Waals surface area contributed by atoms with Crippen molar-refractivity contribution in [3.63, 3.8) is 0 Å². The van der Waals surface area contributed by atoms with Gasteiger partial charge >= 0.3 is 19.2 Å². The number of amides is 2. The number of likely N-dealkylation sites (tertiary alicyclic amines) is 1. The molecular formula is C38H57BN2O9. The molecule has 276 valence electrons. The first-order valence-corrected chi connectivity index (χ1v) is 18.3. The van der Waals surface area contributed by atoms with Crippen molar-refractivity contribution < 1.29 is 42.7 Å². The van der Waals surface area contributed by atoms with Crippen LogP contribution >= 0.6 is 0 Å². The highest BCUT2D eigenvalue weighted by molar-refractivity contribution is 6.45. The van der Waals surface area contributed by atoms with Crippen molar-refractivity contribution in [1.29, 1.82) is 0 Å². The standard InChI is InChI=1S/C38H57BN2O9/c1-12-25(42)19-27(40-34(45)48-36(6,7)8)32(43)41-20-26(21-41)46-28-14-13-23(22(2)31(28)33(44)47-35(3,4)5)15-16-39-49-30-18-24-17-29(37(24,9)10)38(30,11)50-39/h13-14,24,26-27,29-30H,12,15-21H2,1-11H3,(H,40,45)/t24-,27+,29-,30+,38-/m0/s1. The van der Waals surface area contributed by atoms with Gasteiger partial charge in [-0.3, -0.25) is 9.59 Å². The summed E-state index contributed by atoms with van der Waals surface area (Å²) in [5, 5.41) is 2.57. The number of alkyl carbamates (subject to hydrolysis) is 1. The van der Waals surface area contributed by atoms with E-state index in [2.05, 4.69) is 26.1 Å². The van der Waals surface area contributed by atoms with Crippen LogP contribution in [0.2, 0.25) is 6.32 Å². The molecule has 2 bridgehead atoms.